The molecule has 0 radical (unpaired) electrons. The second-order valence-electron chi connectivity index (χ2n) is 6.51. The molecule has 0 fully saturated rings. The molecule has 1 amide bonds. The normalized spacial score (nSPS) is 10.3. The molecule has 28 heavy (non-hydrogen) atoms. The van der Waals surface area contributed by atoms with Crippen molar-refractivity contribution in [1.29, 1.82) is 0 Å². The van der Waals surface area contributed by atoms with Gasteiger partial charge in [0.05, 0.1) is 7.11 Å². The minimum atomic E-state index is -0.0872. The molecule has 0 aliphatic carbocycles. The molecule has 0 spiro atoms. The van der Waals surface area contributed by atoms with Crippen LogP contribution in [-0.2, 0) is 13.0 Å². The number of carbonyl (C=O) groups excluding carboxylic acids is 1. The summed E-state index contributed by atoms with van der Waals surface area (Å²) in [5, 5.41) is 2.97. The number of amides is 1. The van der Waals surface area contributed by atoms with Crippen molar-refractivity contribution in [2.24, 2.45) is 0 Å². The van der Waals surface area contributed by atoms with Crippen LogP contribution in [0.5, 0.6) is 11.5 Å². The van der Waals surface area contributed by atoms with Crippen molar-refractivity contribution in [2.45, 2.75) is 19.4 Å². The van der Waals surface area contributed by atoms with E-state index in [9.17, 15) is 4.79 Å². The Balaban J connectivity index is 1.46. The SMILES string of the molecule is COc1cccc(CCCNC(=O)c2cccc(OCc3ccccc3)c2)c1. The van der Waals surface area contributed by atoms with Crippen LogP contribution in [0.4, 0.5) is 0 Å². The molecule has 0 saturated heterocycles. The number of benzene rings is 3. The highest BCUT2D eigenvalue weighted by Crippen LogP contribution is 2.16. The van der Waals surface area contributed by atoms with Gasteiger partial charge in [-0.25, -0.2) is 0 Å². The lowest BCUT2D eigenvalue weighted by Crippen LogP contribution is -2.24. The summed E-state index contributed by atoms with van der Waals surface area (Å²) in [5.41, 5.74) is 2.90. The largest absolute Gasteiger partial charge is 0.497 e. The van der Waals surface area contributed by atoms with Gasteiger partial charge in [-0.2, -0.15) is 0 Å². The summed E-state index contributed by atoms with van der Waals surface area (Å²) in [4.78, 5) is 12.4. The molecular formula is C24H25NO3. The third-order valence-corrected chi connectivity index (χ3v) is 4.41. The minimum Gasteiger partial charge on any atom is -0.497 e. The number of aryl methyl sites for hydroxylation is 1. The summed E-state index contributed by atoms with van der Waals surface area (Å²) >= 11 is 0. The van der Waals surface area contributed by atoms with Crippen molar-refractivity contribution in [1.82, 2.24) is 5.32 Å². The van der Waals surface area contributed by atoms with Gasteiger partial charge in [-0.1, -0.05) is 48.5 Å². The van der Waals surface area contributed by atoms with E-state index in [4.69, 9.17) is 9.47 Å². The standard InChI is InChI=1S/C24H25NO3/c1-27-22-13-5-10-19(16-22)11-7-15-25-24(26)21-12-6-14-23(17-21)28-18-20-8-3-2-4-9-20/h2-6,8-10,12-14,16-17H,7,11,15,18H2,1H3,(H,25,26). The first-order valence-corrected chi connectivity index (χ1v) is 9.42. The van der Waals surface area contributed by atoms with Gasteiger partial charge in [0.15, 0.2) is 0 Å². The number of hydrogen-bond donors (Lipinski definition) is 1. The van der Waals surface area contributed by atoms with E-state index in [1.165, 1.54) is 5.56 Å². The summed E-state index contributed by atoms with van der Waals surface area (Å²) in [7, 11) is 1.66. The molecule has 3 aromatic rings. The second-order valence-corrected chi connectivity index (χ2v) is 6.51. The Morgan fingerprint density at radius 1 is 0.857 bits per heavy atom. The monoisotopic (exact) mass is 375 g/mol. The van der Waals surface area contributed by atoms with Gasteiger partial charge in [-0.3, -0.25) is 4.79 Å². The van der Waals surface area contributed by atoms with Gasteiger partial charge in [-0.15, -0.1) is 0 Å². The van der Waals surface area contributed by atoms with Crippen molar-refractivity contribution in [2.75, 3.05) is 13.7 Å². The lowest BCUT2D eigenvalue weighted by Gasteiger charge is -2.09. The third kappa shape index (κ3) is 5.88. The predicted octanol–water partition coefficient (Wildman–Crippen LogP) is 4.64. The Morgan fingerprint density at radius 2 is 1.61 bits per heavy atom. The molecule has 0 bridgehead atoms. The minimum absolute atomic E-state index is 0.0872. The summed E-state index contributed by atoms with van der Waals surface area (Å²) in [6, 6.07) is 25.2. The van der Waals surface area contributed by atoms with Crippen LogP contribution in [0.15, 0.2) is 78.9 Å². The molecule has 0 aliphatic rings. The van der Waals surface area contributed by atoms with E-state index in [1.54, 1.807) is 19.2 Å². The first kappa shape index (κ1) is 19.5. The van der Waals surface area contributed by atoms with Crippen molar-refractivity contribution in [3.8, 4) is 11.5 Å². The van der Waals surface area contributed by atoms with E-state index in [2.05, 4.69) is 11.4 Å². The molecule has 0 aliphatic heterocycles. The van der Waals surface area contributed by atoms with E-state index in [0.717, 1.165) is 24.2 Å². The third-order valence-electron chi connectivity index (χ3n) is 4.41. The van der Waals surface area contributed by atoms with E-state index in [1.807, 2.05) is 60.7 Å². The topological polar surface area (TPSA) is 47.6 Å². The highest BCUT2D eigenvalue weighted by Gasteiger charge is 2.06. The van der Waals surface area contributed by atoms with Gasteiger partial charge in [0, 0.05) is 12.1 Å². The lowest BCUT2D eigenvalue weighted by atomic mass is 10.1. The van der Waals surface area contributed by atoms with Crippen LogP contribution in [0.3, 0.4) is 0 Å². The molecule has 0 heterocycles. The average molecular weight is 375 g/mol. The lowest BCUT2D eigenvalue weighted by molar-refractivity contribution is 0.0952. The van der Waals surface area contributed by atoms with Crippen LogP contribution >= 0.6 is 0 Å². The number of methoxy groups -OCH3 is 1. The predicted molar refractivity (Wildman–Crippen MR) is 111 cm³/mol. The van der Waals surface area contributed by atoms with Crippen LogP contribution in [0, 0.1) is 0 Å². The first-order chi connectivity index (χ1) is 13.7. The van der Waals surface area contributed by atoms with Crippen LogP contribution in [0.1, 0.15) is 27.9 Å². The number of carbonyl (C=O) groups is 1. The maximum Gasteiger partial charge on any atom is 0.251 e. The Labute approximate surface area is 166 Å². The molecule has 144 valence electrons. The number of nitrogens with one attached hydrogen (secondary N) is 1. The van der Waals surface area contributed by atoms with Crippen LogP contribution < -0.4 is 14.8 Å². The van der Waals surface area contributed by atoms with Crippen molar-refractivity contribution in [3.05, 3.63) is 95.6 Å². The molecule has 3 rings (SSSR count). The van der Waals surface area contributed by atoms with Gasteiger partial charge in [0.25, 0.3) is 5.91 Å². The van der Waals surface area contributed by atoms with E-state index in [-0.39, 0.29) is 5.91 Å². The summed E-state index contributed by atoms with van der Waals surface area (Å²) in [6.07, 6.45) is 1.75. The molecule has 4 heteroatoms. The van der Waals surface area contributed by atoms with Crippen molar-refractivity contribution < 1.29 is 14.3 Å². The summed E-state index contributed by atoms with van der Waals surface area (Å²) in [6.45, 7) is 1.09. The molecular weight excluding hydrogens is 350 g/mol. The van der Waals surface area contributed by atoms with E-state index in [0.29, 0.717) is 24.5 Å². The average Bonchev–Trinajstić information content (AvgIpc) is 2.76. The highest BCUT2D eigenvalue weighted by molar-refractivity contribution is 5.94. The van der Waals surface area contributed by atoms with E-state index >= 15 is 0 Å². The summed E-state index contributed by atoms with van der Waals surface area (Å²) in [5.74, 6) is 1.46. The molecule has 0 unspecified atom stereocenters. The molecule has 0 saturated carbocycles. The fraction of sp³-hybridized carbons (Fsp3) is 0.208. The fourth-order valence-electron chi connectivity index (χ4n) is 2.89. The highest BCUT2D eigenvalue weighted by atomic mass is 16.5. The van der Waals surface area contributed by atoms with Gasteiger partial charge in [-0.05, 0) is 54.3 Å². The Kier molecular flexibility index (Phi) is 7.08. The van der Waals surface area contributed by atoms with Gasteiger partial charge in [0.2, 0.25) is 0 Å². The zero-order valence-electron chi connectivity index (χ0n) is 16.1. The second kappa shape index (κ2) is 10.2. The molecule has 4 nitrogen and oxygen atoms in total. The van der Waals surface area contributed by atoms with Gasteiger partial charge >= 0.3 is 0 Å². The maximum atomic E-state index is 12.4. The zero-order valence-corrected chi connectivity index (χ0v) is 16.1. The fourth-order valence-corrected chi connectivity index (χ4v) is 2.89. The smallest absolute Gasteiger partial charge is 0.251 e. The Hall–Kier alpha value is -3.27. The Morgan fingerprint density at radius 3 is 2.43 bits per heavy atom. The van der Waals surface area contributed by atoms with Crippen LogP contribution in [0.2, 0.25) is 0 Å². The zero-order chi connectivity index (χ0) is 19.6. The van der Waals surface area contributed by atoms with Crippen molar-refractivity contribution >= 4 is 5.91 Å². The quantitative estimate of drug-likeness (QED) is 0.555. The van der Waals surface area contributed by atoms with Crippen LogP contribution in [-0.4, -0.2) is 19.6 Å². The number of ether oxygens (including phenoxy) is 2. The molecule has 0 atom stereocenters. The van der Waals surface area contributed by atoms with Crippen LogP contribution in [0.25, 0.3) is 0 Å². The Bertz CT molecular complexity index is 893. The number of rotatable bonds is 9. The maximum absolute atomic E-state index is 12.4. The summed E-state index contributed by atoms with van der Waals surface area (Å²) < 4.78 is 11.0. The van der Waals surface area contributed by atoms with Gasteiger partial charge < -0.3 is 14.8 Å². The number of hydrogen-bond acceptors (Lipinski definition) is 3. The first-order valence-electron chi connectivity index (χ1n) is 9.42. The van der Waals surface area contributed by atoms with E-state index < -0.39 is 0 Å². The van der Waals surface area contributed by atoms with Crippen molar-refractivity contribution in [3.63, 3.8) is 0 Å². The molecule has 3 aromatic carbocycles. The van der Waals surface area contributed by atoms with Gasteiger partial charge in [0.1, 0.15) is 18.1 Å². The molecule has 0 aromatic heterocycles. The molecule has 1 N–H and O–H groups in total.